The van der Waals surface area contributed by atoms with Gasteiger partial charge in [-0.15, -0.1) is 0 Å². The van der Waals surface area contributed by atoms with Crippen LogP contribution in [0.2, 0.25) is 5.02 Å². The molecule has 0 saturated carbocycles. The summed E-state index contributed by atoms with van der Waals surface area (Å²) in [6.45, 7) is 2.90. The van der Waals surface area contributed by atoms with Crippen LogP contribution >= 0.6 is 11.6 Å². The number of anilines is 2. The maximum atomic E-state index is 13.1. The summed E-state index contributed by atoms with van der Waals surface area (Å²) in [5, 5.41) is 0.625. The molecule has 0 N–H and O–H groups in total. The van der Waals surface area contributed by atoms with Gasteiger partial charge in [-0.2, -0.15) is 4.98 Å². The quantitative estimate of drug-likeness (QED) is 0.600. The standard InChI is InChI=1S/C19H20ClN5O4/c1-11-8-23(13-6-4-12(20)5-7-13)18-21-16-15(24(18)9-11)17(27)25(10-14(26)29-3)19(28)22(16)2/h4-7,11H,8-10H2,1-3H3/t11-/m0/s1. The Hall–Kier alpha value is -3.07. The third-order valence-electron chi connectivity index (χ3n) is 5.10. The van der Waals surface area contributed by atoms with E-state index in [2.05, 4.69) is 16.6 Å². The van der Waals surface area contributed by atoms with Crippen LogP contribution in [0.15, 0.2) is 33.9 Å². The van der Waals surface area contributed by atoms with E-state index in [1.54, 1.807) is 12.1 Å². The van der Waals surface area contributed by atoms with Gasteiger partial charge in [0.05, 0.1) is 7.11 Å². The Balaban J connectivity index is 1.97. The molecular formula is C19H20ClN5O4. The van der Waals surface area contributed by atoms with Crippen molar-refractivity contribution in [2.45, 2.75) is 20.0 Å². The van der Waals surface area contributed by atoms with Crippen LogP contribution in [0.4, 0.5) is 11.6 Å². The first-order valence-electron chi connectivity index (χ1n) is 9.11. The lowest BCUT2D eigenvalue weighted by atomic mass is 10.1. The number of carbonyl (C=O) groups is 1. The van der Waals surface area contributed by atoms with Crippen molar-refractivity contribution < 1.29 is 9.53 Å². The van der Waals surface area contributed by atoms with Gasteiger partial charge in [-0.05, 0) is 30.2 Å². The number of aromatic nitrogens is 4. The number of imidazole rings is 1. The number of ether oxygens (including phenoxy) is 1. The number of hydrogen-bond acceptors (Lipinski definition) is 6. The maximum Gasteiger partial charge on any atom is 0.333 e. The van der Waals surface area contributed by atoms with Crippen LogP contribution < -0.4 is 16.1 Å². The fourth-order valence-electron chi connectivity index (χ4n) is 3.68. The second kappa shape index (κ2) is 7.07. The number of methoxy groups -OCH3 is 1. The number of hydrogen-bond donors (Lipinski definition) is 0. The highest BCUT2D eigenvalue weighted by Crippen LogP contribution is 2.33. The molecule has 29 heavy (non-hydrogen) atoms. The summed E-state index contributed by atoms with van der Waals surface area (Å²) in [4.78, 5) is 44.1. The summed E-state index contributed by atoms with van der Waals surface area (Å²) < 4.78 is 8.61. The lowest BCUT2D eigenvalue weighted by molar-refractivity contribution is -0.141. The van der Waals surface area contributed by atoms with E-state index >= 15 is 0 Å². The number of fused-ring (bicyclic) bond motifs is 3. The molecule has 0 bridgehead atoms. The Morgan fingerprint density at radius 2 is 1.93 bits per heavy atom. The Morgan fingerprint density at radius 3 is 2.59 bits per heavy atom. The van der Waals surface area contributed by atoms with Crippen LogP contribution in [0.5, 0.6) is 0 Å². The monoisotopic (exact) mass is 417 g/mol. The number of rotatable bonds is 3. The Bertz CT molecular complexity index is 1220. The molecule has 0 fully saturated rings. The highest BCUT2D eigenvalue weighted by atomic mass is 35.5. The molecule has 2 aromatic heterocycles. The molecule has 9 nitrogen and oxygen atoms in total. The van der Waals surface area contributed by atoms with Crippen molar-refractivity contribution in [3.63, 3.8) is 0 Å². The summed E-state index contributed by atoms with van der Waals surface area (Å²) in [5.41, 5.74) is 0.282. The Labute approximate surface area is 170 Å². The molecule has 1 aliphatic rings. The molecule has 3 aromatic rings. The predicted octanol–water partition coefficient (Wildman–Crippen LogP) is 1.51. The number of halogens is 1. The second-order valence-corrected chi connectivity index (χ2v) is 7.63. The van der Waals surface area contributed by atoms with E-state index in [4.69, 9.17) is 11.6 Å². The van der Waals surface area contributed by atoms with Gasteiger partial charge in [-0.3, -0.25) is 14.2 Å². The zero-order chi connectivity index (χ0) is 20.9. The third-order valence-corrected chi connectivity index (χ3v) is 5.35. The van der Waals surface area contributed by atoms with E-state index in [0.29, 0.717) is 24.1 Å². The summed E-state index contributed by atoms with van der Waals surface area (Å²) in [6.07, 6.45) is 0. The van der Waals surface area contributed by atoms with Gasteiger partial charge in [0.15, 0.2) is 11.2 Å². The Morgan fingerprint density at radius 1 is 1.24 bits per heavy atom. The van der Waals surface area contributed by atoms with E-state index in [9.17, 15) is 14.4 Å². The summed E-state index contributed by atoms with van der Waals surface area (Å²) >= 11 is 6.01. The van der Waals surface area contributed by atoms with E-state index in [1.807, 2.05) is 21.6 Å². The second-order valence-electron chi connectivity index (χ2n) is 7.20. The minimum atomic E-state index is -0.668. The molecule has 0 unspecified atom stereocenters. The molecule has 3 heterocycles. The van der Waals surface area contributed by atoms with E-state index in [0.717, 1.165) is 10.3 Å². The van der Waals surface area contributed by atoms with Crippen molar-refractivity contribution >= 4 is 40.4 Å². The van der Waals surface area contributed by atoms with Crippen LogP contribution in [0.1, 0.15) is 6.92 Å². The SMILES string of the molecule is COC(=O)Cn1c(=O)c2c(nc3n2C[C@@H](C)CN3c2ccc(Cl)cc2)n(C)c1=O. The van der Waals surface area contributed by atoms with Crippen molar-refractivity contribution in [1.29, 1.82) is 0 Å². The first kappa shape index (κ1) is 19.3. The molecule has 0 radical (unpaired) electrons. The van der Waals surface area contributed by atoms with Crippen LogP contribution in [-0.2, 0) is 29.7 Å². The average molecular weight is 418 g/mol. The molecule has 10 heteroatoms. The van der Waals surface area contributed by atoms with E-state index < -0.39 is 23.8 Å². The Kier molecular flexibility index (Phi) is 4.70. The summed E-state index contributed by atoms with van der Waals surface area (Å²) in [5.74, 6) is 0.128. The van der Waals surface area contributed by atoms with Crippen LogP contribution in [-0.4, -0.2) is 38.3 Å². The normalized spacial score (nSPS) is 16.1. The molecule has 0 saturated heterocycles. The van der Waals surface area contributed by atoms with Crippen LogP contribution in [0, 0.1) is 5.92 Å². The van der Waals surface area contributed by atoms with E-state index in [-0.39, 0.29) is 17.1 Å². The molecule has 0 aliphatic carbocycles. The first-order valence-corrected chi connectivity index (χ1v) is 9.49. The number of carbonyl (C=O) groups excluding carboxylic acids is 1. The van der Waals surface area contributed by atoms with Gasteiger partial charge in [0.2, 0.25) is 5.95 Å². The van der Waals surface area contributed by atoms with Crippen molar-refractivity contribution in [2.75, 3.05) is 18.6 Å². The molecule has 152 valence electrons. The molecule has 1 aromatic carbocycles. The fourth-order valence-corrected chi connectivity index (χ4v) is 3.80. The summed E-state index contributed by atoms with van der Waals surface area (Å²) in [6, 6.07) is 7.36. The molecule has 1 atom stereocenters. The fraction of sp³-hybridized carbons (Fsp3) is 0.368. The summed E-state index contributed by atoms with van der Waals surface area (Å²) in [7, 11) is 2.75. The van der Waals surface area contributed by atoms with E-state index in [1.165, 1.54) is 18.7 Å². The van der Waals surface area contributed by atoms with Gasteiger partial charge in [0, 0.05) is 30.8 Å². The predicted molar refractivity (Wildman–Crippen MR) is 109 cm³/mol. The van der Waals surface area contributed by atoms with Crippen LogP contribution in [0.3, 0.4) is 0 Å². The molecule has 0 amide bonds. The smallest absolute Gasteiger partial charge is 0.333 e. The maximum absolute atomic E-state index is 13.1. The van der Waals surface area contributed by atoms with Gasteiger partial charge in [-0.1, -0.05) is 18.5 Å². The van der Waals surface area contributed by atoms with Gasteiger partial charge in [0.1, 0.15) is 6.54 Å². The number of benzene rings is 1. The topological polar surface area (TPSA) is 91.4 Å². The first-order chi connectivity index (χ1) is 13.8. The van der Waals surface area contributed by atoms with Crippen molar-refractivity contribution in [3.8, 4) is 0 Å². The van der Waals surface area contributed by atoms with Crippen molar-refractivity contribution in [2.24, 2.45) is 13.0 Å². The van der Waals surface area contributed by atoms with Gasteiger partial charge >= 0.3 is 11.7 Å². The largest absolute Gasteiger partial charge is 0.468 e. The molecule has 4 rings (SSSR count). The van der Waals surface area contributed by atoms with Gasteiger partial charge in [-0.25, -0.2) is 9.36 Å². The number of esters is 1. The number of aryl methyl sites for hydroxylation is 1. The average Bonchev–Trinajstić information content (AvgIpc) is 3.09. The van der Waals surface area contributed by atoms with Gasteiger partial charge < -0.3 is 14.2 Å². The highest BCUT2D eigenvalue weighted by molar-refractivity contribution is 6.30. The van der Waals surface area contributed by atoms with Crippen LogP contribution in [0.25, 0.3) is 11.2 Å². The molecular weight excluding hydrogens is 398 g/mol. The zero-order valence-electron chi connectivity index (χ0n) is 16.3. The van der Waals surface area contributed by atoms with Crippen molar-refractivity contribution in [1.82, 2.24) is 18.7 Å². The lowest BCUT2D eigenvalue weighted by Crippen LogP contribution is -2.42. The van der Waals surface area contributed by atoms with Crippen molar-refractivity contribution in [3.05, 3.63) is 50.1 Å². The zero-order valence-corrected chi connectivity index (χ0v) is 17.0. The minimum Gasteiger partial charge on any atom is -0.468 e. The molecule has 0 spiro atoms. The van der Waals surface area contributed by atoms with Gasteiger partial charge in [0.25, 0.3) is 5.56 Å². The highest BCUT2D eigenvalue weighted by Gasteiger charge is 2.30. The minimum absolute atomic E-state index is 0.223. The number of nitrogens with zero attached hydrogens (tertiary/aromatic N) is 5. The lowest BCUT2D eigenvalue weighted by Gasteiger charge is -2.33. The molecule has 1 aliphatic heterocycles. The third kappa shape index (κ3) is 3.11.